The van der Waals surface area contributed by atoms with Crippen molar-refractivity contribution in [2.75, 3.05) is 58.0 Å². The molecule has 18 nitrogen and oxygen atoms in total. The second-order valence-electron chi connectivity index (χ2n) is 22.1. The number of fused-ring (bicyclic) bond motifs is 8. The van der Waals surface area contributed by atoms with Crippen molar-refractivity contribution < 1.29 is 33.1 Å². The summed E-state index contributed by atoms with van der Waals surface area (Å²) in [6, 6.07) is 9.38. The van der Waals surface area contributed by atoms with Gasteiger partial charge in [-0.1, -0.05) is 89.8 Å². The third-order valence-corrected chi connectivity index (χ3v) is 15.6. The van der Waals surface area contributed by atoms with Crippen LogP contribution in [0.25, 0.3) is 11.1 Å². The fourth-order valence-corrected chi connectivity index (χ4v) is 11.3. The summed E-state index contributed by atoms with van der Waals surface area (Å²) >= 11 is 0. The Kier molecular flexibility index (Phi) is 19.7. The zero-order valence-electron chi connectivity index (χ0n) is 46.0. The second-order valence-corrected chi connectivity index (χ2v) is 22.1. The molecule has 8 atom stereocenters. The third-order valence-electron chi connectivity index (χ3n) is 15.6. The molecule has 0 radical (unpaired) electrons. The molecule has 2 unspecified atom stereocenters. The molecule has 5 amide bonds. The highest BCUT2D eigenvalue weighted by Gasteiger charge is 2.46. The first-order valence-corrected chi connectivity index (χ1v) is 27.5. The molecule has 2 fully saturated rings. The van der Waals surface area contributed by atoms with E-state index in [-0.39, 0.29) is 66.0 Å². The van der Waals surface area contributed by atoms with Crippen LogP contribution in [0, 0.1) is 17.3 Å². The maximum atomic E-state index is 14.8. The number of nitrogens with two attached hydrogens (primary N) is 1. The predicted molar refractivity (Wildman–Crippen MR) is 293 cm³/mol. The van der Waals surface area contributed by atoms with E-state index in [1.807, 2.05) is 64.1 Å². The Hall–Kier alpha value is -6.34. The summed E-state index contributed by atoms with van der Waals surface area (Å²) in [5.74, 6) is -1.38. The van der Waals surface area contributed by atoms with Crippen molar-refractivity contribution in [2.45, 2.75) is 155 Å². The van der Waals surface area contributed by atoms with E-state index >= 15 is 0 Å². The average Bonchev–Trinajstić information content (AvgIpc) is 4.16. The highest BCUT2D eigenvalue weighted by Crippen LogP contribution is 2.43. The van der Waals surface area contributed by atoms with Crippen LogP contribution in [0.5, 0.6) is 5.88 Å². The standard InChI is InChI=1S/C57H83FN12O6/c1-9-43(37-20-15-14-16-21-37)64-53(73)47-32-40(34-69(47)55(75)50(57(3,4)5)65-52(72)36(2)60-6)61-26-18-13-11-10-12-17-23-48(71)62-27-29-70-56(76-8)49-38-30-46(51(59)63-33-38)68-28-19-22-45(68)42-31-39(58)24-25-41(42)54(74)67(7)35-44(49)66-70/h14-16,20-21,24-25,30-31,33,36,40-43,45,47,50,60-61H,9-13,17-19,22-23,26-29,32,34-35H2,1-8H3,(H2,59,63)(H,62,71)(H,64,73)(H,65,72)/t36-,40-,41?,42?,43+,45-,47-,50+/m1/s1. The summed E-state index contributed by atoms with van der Waals surface area (Å²) in [5.41, 5.74) is 9.69. The van der Waals surface area contributed by atoms with Crippen molar-refractivity contribution in [3.05, 3.63) is 77.9 Å². The number of unbranched alkanes of at least 4 members (excludes halogenated alkanes) is 5. The average molecular weight is 1050 g/mol. The largest absolute Gasteiger partial charge is 0.481 e. The number of rotatable bonds is 22. The smallest absolute Gasteiger partial charge is 0.246 e. The number of hydrogen-bond donors (Lipinski definition) is 6. The van der Waals surface area contributed by atoms with Gasteiger partial charge in [-0.25, -0.2) is 14.1 Å². The number of methoxy groups -OCH3 is 1. The van der Waals surface area contributed by atoms with Crippen LogP contribution in [-0.4, -0.2) is 132 Å². The lowest BCUT2D eigenvalue weighted by molar-refractivity contribution is -0.144. The Balaban J connectivity index is 0.878. The molecule has 1 aliphatic carbocycles. The zero-order valence-corrected chi connectivity index (χ0v) is 46.0. The van der Waals surface area contributed by atoms with E-state index in [0.717, 1.165) is 74.7 Å². The summed E-state index contributed by atoms with van der Waals surface area (Å²) in [6.07, 6.45) is 15.1. The van der Waals surface area contributed by atoms with Gasteiger partial charge < -0.3 is 51.8 Å². The highest BCUT2D eigenvalue weighted by molar-refractivity contribution is 5.94. The highest BCUT2D eigenvalue weighted by atomic mass is 19.1. The number of nitrogens with one attached hydrogen (secondary N) is 5. The molecular formula is C57H83FN12O6. The van der Waals surface area contributed by atoms with Gasteiger partial charge in [-0.05, 0) is 88.2 Å². The molecule has 3 aliphatic heterocycles. The molecule has 0 saturated carbocycles. The lowest BCUT2D eigenvalue weighted by Crippen LogP contribution is -2.59. The quantitative estimate of drug-likeness (QED) is 0.0644. The van der Waals surface area contributed by atoms with Crippen LogP contribution in [-0.2, 0) is 37.1 Å². The van der Waals surface area contributed by atoms with Crippen molar-refractivity contribution >= 4 is 41.0 Å². The maximum absolute atomic E-state index is 14.8. The lowest BCUT2D eigenvalue weighted by atomic mass is 9.80. The first-order chi connectivity index (χ1) is 36.4. The topological polar surface area (TPSA) is 221 Å². The molecule has 4 aliphatic rings. The number of pyridine rings is 1. The van der Waals surface area contributed by atoms with Crippen LogP contribution < -0.4 is 42.0 Å². The lowest BCUT2D eigenvalue weighted by Gasteiger charge is -2.37. The van der Waals surface area contributed by atoms with Gasteiger partial charge in [0.1, 0.15) is 23.7 Å². The number of benzene rings is 1. The van der Waals surface area contributed by atoms with Gasteiger partial charge in [0.05, 0.1) is 55.1 Å². The molecule has 2 aromatic heterocycles. The Morgan fingerprint density at radius 3 is 2.46 bits per heavy atom. The number of anilines is 2. The number of likely N-dealkylation sites (N-methyl/N-ethyl adjacent to an activating group) is 1. The Bertz CT molecular complexity index is 2560. The van der Waals surface area contributed by atoms with Gasteiger partial charge in [0.15, 0.2) is 0 Å². The van der Waals surface area contributed by atoms with Gasteiger partial charge in [0, 0.05) is 62.9 Å². The molecule has 2 saturated heterocycles. The molecule has 3 aromatic rings. The van der Waals surface area contributed by atoms with Gasteiger partial charge in [-0.3, -0.25) is 24.0 Å². The third kappa shape index (κ3) is 13.8. The van der Waals surface area contributed by atoms with E-state index in [0.29, 0.717) is 68.4 Å². The SMILES string of the molecule is CC[C@H](NC(=O)[C@H]1C[C@@H](NCCCCCCCCC(=O)NCCn2nc3c(c2OC)-c2cnc(N)c(c2)N2CCC[C@@H]2C2C=C(F)C=CC2C(=O)N(C)C3)CN1C(=O)[C@H](NC(=O)[C@@H](C)NC)C(C)(C)C)c1ccccc1. The molecule has 5 heterocycles. The number of hydrogen-bond acceptors (Lipinski definition) is 12. The fourth-order valence-electron chi connectivity index (χ4n) is 11.3. The van der Waals surface area contributed by atoms with Crippen LogP contribution in [0.2, 0.25) is 0 Å². The van der Waals surface area contributed by atoms with E-state index in [2.05, 4.69) is 36.5 Å². The summed E-state index contributed by atoms with van der Waals surface area (Å²) in [4.78, 5) is 78.8. The summed E-state index contributed by atoms with van der Waals surface area (Å²) < 4.78 is 22.5. The number of ether oxygens (including phenoxy) is 1. The Morgan fingerprint density at radius 1 is 1.01 bits per heavy atom. The first-order valence-electron chi connectivity index (χ1n) is 27.5. The molecule has 0 spiro atoms. The maximum Gasteiger partial charge on any atom is 0.246 e. The summed E-state index contributed by atoms with van der Waals surface area (Å²) in [7, 11) is 5.02. The van der Waals surface area contributed by atoms with Crippen LogP contribution in [0.15, 0.2) is 66.6 Å². The van der Waals surface area contributed by atoms with Crippen molar-refractivity contribution in [1.29, 1.82) is 0 Å². The van der Waals surface area contributed by atoms with Gasteiger partial charge in [0.25, 0.3) is 0 Å². The number of likely N-dealkylation sites (tertiary alicyclic amines) is 1. The van der Waals surface area contributed by atoms with Crippen LogP contribution in [0.3, 0.4) is 0 Å². The van der Waals surface area contributed by atoms with Crippen molar-refractivity contribution in [1.82, 2.24) is 51.1 Å². The summed E-state index contributed by atoms with van der Waals surface area (Å²) in [6.45, 7) is 12.2. The minimum Gasteiger partial charge on any atom is -0.481 e. The number of carbonyl (C=O) groups excluding carboxylic acids is 5. The van der Waals surface area contributed by atoms with Crippen molar-refractivity contribution in [3.63, 3.8) is 0 Å². The fraction of sp³-hybridized carbons (Fsp3) is 0.596. The first kappa shape index (κ1) is 57.4. The normalized spacial score (nSPS) is 21.5. The molecule has 7 N–H and O–H groups in total. The van der Waals surface area contributed by atoms with E-state index in [4.69, 9.17) is 15.6 Å². The number of carbonyl (C=O) groups is 5. The van der Waals surface area contributed by atoms with Gasteiger partial charge in [-0.15, -0.1) is 0 Å². The molecule has 2 bridgehead atoms. The Morgan fingerprint density at radius 2 is 1.75 bits per heavy atom. The monoisotopic (exact) mass is 1050 g/mol. The van der Waals surface area contributed by atoms with Gasteiger partial charge >= 0.3 is 0 Å². The number of nitrogens with zero attached hydrogens (tertiary/aromatic N) is 6. The van der Waals surface area contributed by atoms with E-state index in [1.165, 1.54) is 6.08 Å². The zero-order chi connectivity index (χ0) is 54.7. The number of nitrogen functional groups attached to an aromatic ring is 1. The molecule has 76 heavy (non-hydrogen) atoms. The molecule has 7 rings (SSSR count). The number of allylic oxidation sites excluding steroid dienone is 2. The Labute approximate surface area is 448 Å². The van der Waals surface area contributed by atoms with Crippen molar-refractivity contribution in [3.8, 4) is 17.0 Å². The van der Waals surface area contributed by atoms with Gasteiger partial charge in [0.2, 0.25) is 35.4 Å². The van der Waals surface area contributed by atoms with E-state index in [1.54, 1.807) is 61.0 Å². The molecule has 19 heteroatoms. The van der Waals surface area contributed by atoms with Crippen LogP contribution in [0.1, 0.15) is 123 Å². The van der Waals surface area contributed by atoms with Crippen molar-refractivity contribution in [2.24, 2.45) is 17.3 Å². The summed E-state index contributed by atoms with van der Waals surface area (Å²) in [5, 5.41) is 20.8. The van der Waals surface area contributed by atoms with E-state index in [9.17, 15) is 28.4 Å². The van der Waals surface area contributed by atoms with Gasteiger partial charge in [-0.2, -0.15) is 5.10 Å². The minimum atomic E-state index is -0.828. The molecule has 414 valence electrons. The molecule has 1 aromatic carbocycles. The number of amides is 5. The predicted octanol–water partition coefficient (Wildman–Crippen LogP) is 5.94. The van der Waals surface area contributed by atoms with Crippen LogP contribution >= 0.6 is 0 Å². The second kappa shape index (κ2) is 26.1. The van der Waals surface area contributed by atoms with Crippen LogP contribution in [0.4, 0.5) is 15.9 Å². The minimum absolute atomic E-state index is 0.0438. The van der Waals surface area contributed by atoms with E-state index < -0.39 is 29.5 Å². The number of aromatic nitrogens is 3. The molecular weight excluding hydrogens is 968 g/mol. The number of halogens is 1.